The third-order valence-electron chi connectivity index (χ3n) is 4.25. The first-order valence-corrected chi connectivity index (χ1v) is 8.39. The van der Waals surface area contributed by atoms with E-state index in [9.17, 15) is 9.59 Å². The van der Waals surface area contributed by atoms with E-state index in [-0.39, 0.29) is 11.8 Å². The summed E-state index contributed by atoms with van der Waals surface area (Å²) in [6, 6.07) is 20.5. The van der Waals surface area contributed by atoms with E-state index in [4.69, 9.17) is 5.26 Å². The third kappa shape index (κ3) is 3.38. The lowest BCUT2D eigenvalue weighted by atomic mass is 10.0. The largest absolute Gasteiger partial charge is 0.272 e. The Labute approximate surface area is 147 Å². The van der Waals surface area contributed by atoms with Gasteiger partial charge < -0.3 is 0 Å². The maximum Gasteiger partial charge on any atom is 0.258 e. The van der Waals surface area contributed by atoms with E-state index in [1.807, 2.05) is 60.7 Å². The lowest BCUT2D eigenvalue weighted by Gasteiger charge is -2.27. The van der Waals surface area contributed by atoms with Gasteiger partial charge in [-0.3, -0.25) is 9.59 Å². The topological polar surface area (TPSA) is 64.4 Å². The van der Waals surface area contributed by atoms with E-state index in [0.717, 1.165) is 0 Å². The Morgan fingerprint density at radius 1 is 0.800 bits per heavy atom. The van der Waals surface area contributed by atoms with Gasteiger partial charge in [0.05, 0.1) is 17.4 Å². The van der Waals surface area contributed by atoms with Gasteiger partial charge in [0.1, 0.15) is 5.92 Å². The van der Waals surface area contributed by atoms with Gasteiger partial charge in [0, 0.05) is 6.42 Å². The summed E-state index contributed by atoms with van der Waals surface area (Å²) in [5, 5.41) is 11.6. The second-order valence-electron chi connectivity index (χ2n) is 5.93. The summed E-state index contributed by atoms with van der Waals surface area (Å²) in [7, 11) is 0. The van der Waals surface area contributed by atoms with Crippen LogP contribution < -0.4 is 10.0 Å². The van der Waals surface area contributed by atoms with Crippen LogP contribution in [0.3, 0.4) is 0 Å². The first kappa shape index (κ1) is 16.7. The minimum atomic E-state index is -0.695. The fourth-order valence-corrected chi connectivity index (χ4v) is 3.02. The van der Waals surface area contributed by atoms with E-state index in [1.54, 1.807) is 0 Å². The minimum Gasteiger partial charge on any atom is -0.272 e. The van der Waals surface area contributed by atoms with Gasteiger partial charge in [0.25, 0.3) is 11.8 Å². The molecule has 0 spiro atoms. The van der Waals surface area contributed by atoms with Crippen LogP contribution in [-0.2, 0) is 9.59 Å². The Balaban J connectivity index is 1.91. The number of hydrogen-bond acceptors (Lipinski definition) is 3. The molecule has 1 saturated heterocycles. The van der Waals surface area contributed by atoms with Crippen LogP contribution in [0.5, 0.6) is 0 Å². The summed E-state index contributed by atoms with van der Waals surface area (Å²) in [6.45, 7) is 0. The lowest BCUT2D eigenvalue weighted by molar-refractivity contribution is -0.127. The molecule has 0 unspecified atom stereocenters. The van der Waals surface area contributed by atoms with Crippen LogP contribution in [0.2, 0.25) is 0 Å². The molecule has 3 rings (SSSR count). The zero-order valence-corrected chi connectivity index (χ0v) is 13.8. The second-order valence-corrected chi connectivity index (χ2v) is 5.93. The Kier molecular flexibility index (Phi) is 5.10. The highest BCUT2D eigenvalue weighted by Gasteiger charge is 2.46. The molecule has 5 nitrogen and oxygen atoms in total. The third-order valence-corrected chi connectivity index (χ3v) is 4.25. The molecular weight excluding hydrogens is 314 g/mol. The highest BCUT2D eigenvalue weighted by Crippen LogP contribution is 2.33. The number of anilines is 2. The molecule has 1 aliphatic rings. The summed E-state index contributed by atoms with van der Waals surface area (Å²) in [5.74, 6) is -1.12. The summed E-state index contributed by atoms with van der Waals surface area (Å²) in [6.07, 6.45) is 2.29. The zero-order valence-electron chi connectivity index (χ0n) is 13.8. The van der Waals surface area contributed by atoms with Crippen molar-refractivity contribution in [3.8, 4) is 6.07 Å². The highest BCUT2D eigenvalue weighted by atomic mass is 16.2. The van der Waals surface area contributed by atoms with Gasteiger partial charge in [-0.1, -0.05) is 42.8 Å². The molecule has 0 radical (unpaired) electrons. The van der Waals surface area contributed by atoms with Gasteiger partial charge in [-0.15, -0.1) is 0 Å². The van der Waals surface area contributed by atoms with Crippen molar-refractivity contribution >= 4 is 23.2 Å². The fourth-order valence-electron chi connectivity index (χ4n) is 3.02. The number of unbranched alkanes of at least 4 members (excludes halogenated alkanes) is 2. The molecule has 0 aromatic heterocycles. The smallest absolute Gasteiger partial charge is 0.258 e. The Bertz CT molecular complexity index is 726. The summed E-state index contributed by atoms with van der Waals surface area (Å²) < 4.78 is 0. The molecule has 1 aliphatic heterocycles. The molecule has 0 aliphatic carbocycles. The average Bonchev–Trinajstić information content (AvgIpc) is 2.91. The molecule has 0 saturated carbocycles. The molecule has 1 fully saturated rings. The van der Waals surface area contributed by atoms with Crippen molar-refractivity contribution in [2.45, 2.75) is 25.7 Å². The molecule has 0 atom stereocenters. The first-order chi connectivity index (χ1) is 12.2. The van der Waals surface area contributed by atoms with E-state index in [1.165, 1.54) is 10.0 Å². The van der Waals surface area contributed by atoms with Crippen molar-refractivity contribution in [3.63, 3.8) is 0 Å². The van der Waals surface area contributed by atoms with Crippen molar-refractivity contribution in [1.82, 2.24) is 0 Å². The maximum absolute atomic E-state index is 13.0. The fraction of sp³-hybridized carbons (Fsp3) is 0.250. The lowest BCUT2D eigenvalue weighted by Crippen LogP contribution is -2.41. The van der Waals surface area contributed by atoms with Crippen LogP contribution in [0, 0.1) is 17.2 Å². The Hall–Kier alpha value is -3.13. The number of rotatable bonds is 6. The summed E-state index contributed by atoms with van der Waals surface area (Å²) in [4.78, 5) is 25.9. The van der Waals surface area contributed by atoms with Gasteiger partial charge in [0.15, 0.2) is 0 Å². The van der Waals surface area contributed by atoms with Crippen LogP contribution in [0.25, 0.3) is 0 Å². The van der Waals surface area contributed by atoms with Crippen LogP contribution >= 0.6 is 0 Å². The zero-order chi connectivity index (χ0) is 17.6. The number of para-hydroxylation sites is 2. The number of amides is 2. The van der Waals surface area contributed by atoms with Crippen molar-refractivity contribution < 1.29 is 9.59 Å². The first-order valence-electron chi connectivity index (χ1n) is 8.39. The number of benzene rings is 2. The van der Waals surface area contributed by atoms with E-state index >= 15 is 0 Å². The van der Waals surface area contributed by atoms with Crippen molar-refractivity contribution in [2.24, 2.45) is 5.92 Å². The van der Waals surface area contributed by atoms with Crippen LogP contribution in [0.15, 0.2) is 60.7 Å². The van der Waals surface area contributed by atoms with Crippen molar-refractivity contribution in [2.75, 3.05) is 10.0 Å². The number of hydrogen-bond donors (Lipinski definition) is 0. The normalized spacial score (nSPS) is 14.8. The van der Waals surface area contributed by atoms with Crippen LogP contribution in [-0.4, -0.2) is 11.8 Å². The molecule has 0 bridgehead atoms. The monoisotopic (exact) mass is 333 g/mol. The maximum atomic E-state index is 13.0. The van der Waals surface area contributed by atoms with Gasteiger partial charge in [-0.05, 0) is 37.1 Å². The molecule has 2 amide bonds. The molecule has 2 aromatic rings. The molecule has 126 valence electrons. The number of carbonyl (C=O) groups is 2. The van der Waals surface area contributed by atoms with Crippen LogP contribution in [0.4, 0.5) is 11.4 Å². The second kappa shape index (κ2) is 7.63. The Morgan fingerprint density at radius 3 is 1.72 bits per heavy atom. The summed E-state index contributed by atoms with van der Waals surface area (Å²) >= 11 is 0. The van der Waals surface area contributed by atoms with Gasteiger partial charge in [-0.25, -0.2) is 10.0 Å². The van der Waals surface area contributed by atoms with E-state index < -0.39 is 5.92 Å². The van der Waals surface area contributed by atoms with Crippen molar-refractivity contribution in [3.05, 3.63) is 60.7 Å². The van der Waals surface area contributed by atoms with E-state index in [0.29, 0.717) is 37.1 Å². The van der Waals surface area contributed by atoms with E-state index in [2.05, 4.69) is 6.07 Å². The number of hydrazine groups is 1. The van der Waals surface area contributed by atoms with Crippen LogP contribution in [0.1, 0.15) is 25.7 Å². The predicted octanol–water partition coefficient (Wildman–Crippen LogP) is 3.68. The predicted molar refractivity (Wildman–Crippen MR) is 95.4 cm³/mol. The molecular formula is C20H19N3O2. The average molecular weight is 333 g/mol. The quantitative estimate of drug-likeness (QED) is 0.598. The number of carbonyl (C=O) groups excluding carboxylic acids is 2. The van der Waals surface area contributed by atoms with Gasteiger partial charge in [-0.2, -0.15) is 5.26 Å². The molecule has 2 aromatic carbocycles. The SMILES string of the molecule is N#CCCCCC1C(=O)N(c2ccccc2)N(c2ccccc2)C1=O. The molecule has 25 heavy (non-hydrogen) atoms. The van der Waals surface area contributed by atoms with Gasteiger partial charge in [0.2, 0.25) is 0 Å². The number of nitrogens with zero attached hydrogens (tertiary/aromatic N) is 3. The standard InChI is InChI=1S/C20H19N3O2/c21-15-9-3-8-14-18-19(24)22(16-10-4-1-5-11-16)23(20(18)25)17-12-6-2-7-13-17/h1-2,4-7,10-13,18H,3,8-9,14H2. The molecule has 5 heteroatoms. The molecule has 0 N–H and O–H groups in total. The van der Waals surface area contributed by atoms with Gasteiger partial charge >= 0.3 is 0 Å². The summed E-state index contributed by atoms with van der Waals surface area (Å²) in [5.41, 5.74) is 1.34. The minimum absolute atomic E-state index is 0.211. The highest BCUT2D eigenvalue weighted by molar-refractivity contribution is 6.22. The van der Waals surface area contributed by atoms with Crippen molar-refractivity contribution in [1.29, 1.82) is 5.26 Å². The Morgan fingerprint density at radius 2 is 1.28 bits per heavy atom. The molecule has 1 heterocycles. The number of nitriles is 1.